The molecule has 0 heterocycles. The normalized spacial score (nSPS) is 10.3. The summed E-state index contributed by atoms with van der Waals surface area (Å²) in [5.41, 5.74) is 2.18. The summed E-state index contributed by atoms with van der Waals surface area (Å²) < 4.78 is 18.5. The summed E-state index contributed by atoms with van der Waals surface area (Å²) in [5, 5.41) is 2.54. The van der Waals surface area contributed by atoms with Gasteiger partial charge in [0, 0.05) is 5.02 Å². The van der Waals surface area contributed by atoms with Crippen LogP contribution in [0.5, 0.6) is 0 Å². The molecule has 0 aliphatic carbocycles. The monoisotopic (exact) mass is 335 g/mol. The maximum atomic E-state index is 13.6. The average molecular weight is 336 g/mol. The Morgan fingerprint density at radius 1 is 1.13 bits per heavy atom. The van der Waals surface area contributed by atoms with Crippen LogP contribution < -0.4 is 5.32 Å². The molecule has 0 aliphatic heterocycles. The second kappa shape index (κ2) is 7.24. The van der Waals surface area contributed by atoms with Gasteiger partial charge in [-0.3, -0.25) is 4.79 Å². The first kappa shape index (κ1) is 17.0. The van der Waals surface area contributed by atoms with Crippen LogP contribution in [0.1, 0.15) is 21.5 Å². The van der Waals surface area contributed by atoms with Crippen molar-refractivity contribution >= 4 is 29.2 Å². The van der Waals surface area contributed by atoms with Gasteiger partial charge in [-0.1, -0.05) is 28.8 Å². The summed E-state index contributed by atoms with van der Waals surface area (Å²) in [6, 6.07) is 9.13. The van der Waals surface area contributed by atoms with Crippen LogP contribution >= 0.6 is 11.6 Å². The minimum atomic E-state index is -0.661. The quantitative estimate of drug-likeness (QED) is 0.862. The molecule has 0 saturated heterocycles. The summed E-state index contributed by atoms with van der Waals surface area (Å²) in [4.78, 5) is 23.7. The van der Waals surface area contributed by atoms with E-state index < -0.39 is 24.3 Å². The lowest BCUT2D eigenvalue weighted by molar-refractivity contribution is -0.119. The van der Waals surface area contributed by atoms with Crippen molar-refractivity contribution in [1.82, 2.24) is 0 Å². The molecule has 0 unspecified atom stereocenters. The molecule has 0 bridgehead atoms. The number of anilines is 1. The fraction of sp³-hybridized carbons (Fsp3) is 0.176. The molecular formula is C17H15ClFNO3. The van der Waals surface area contributed by atoms with E-state index in [-0.39, 0.29) is 10.7 Å². The molecule has 1 amide bonds. The van der Waals surface area contributed by atoms with Gasteiger partial charge in [-0.25, -0.2) is 9.18 Å². The van der Waals surface area contributed by atoms with E-state index in [0.29, 0.717) is 5.56 Å². The molecule has 4 nitrogen and oxygen atoms in total. The first-order valence-electron chi connectivity index (χ1n) is 6.85. The largest absolute Gasteiger partial charge is 0.452 e. The first-order chi connectivity index (χ1) is 10.8. The second-order valence-corrected chi connectivity index (χ2v) is 5.56. The molecule has 0 radical (unpaired) electrons. The van der Waals surface area contributed by atoms with Gasteiger partial charge in [0.1, 0.15) is 5.82 Å². The number of nitrogens with one attached hydrogen (secondary N) is 1. The zero-order valence-electron chi connectivity index (χ0n) is 12.7. The van der Waals surface area contributed by atoms with Gasteiger partial charge in [0.2, 0.25) is 0 Å². The third-order valence-electron chi connectivity index (χ3n) is 3.00. The molecule has 23 heavy (non-hydrogen) atoms. The number of ether oxygens (including phenoxy) is 1. The van der Waals surface area contributed by atoms with Gasteiger partial charge in [-0.15, -0.1) is 0 Å². The molecule has 0 aromatic heterocycles. The highest BCUT2D eigenvalue weighted by molar-refractivity contribution is 6.30. The van der Waals surface area contributed by atoms with Crippen LogP contribution in [0, 0.1) is 19.7 Å². The summed E-state index contributed by atoms with van der Waals surface area (Å²) in [6.45, 7) is 3.22. The van der Waals surface area contributed by atoms with Gasteiger partial charge in [0.25, 0.3) is 5.91 Å². The van der Waals surface area contributed by atoms with Crippen molar-refractivity contribution in [1.29, 1.82) is 0 Å². The third kappa shape index (κ3) is 4.79. The van der Waals surface area contributed by atoms with Crippen molar-refractivity contribution in [3.05, 3.63) is 63.9 Å². The van der Waals surface area contributed by atoms with E-state index in [2.05, 4.69) is 5.32 Å². The number of aryl methyl sites for hydroxylation is 2. The van der Waals surface area contributed by atoms with Crippen molar-refractivity contribution in [3.63, 3.8) is 0 Å². The number of benzene rings is 2. The summed E-state index contributed by atoms with van der Waals surface area (Å²) in [6.07, 6.45) is 0. The maximum absolute atomic E-state index is 13.6. The number of amides is 1. The molecule has 1 N–H and O–H groups in total. The lowest BCUT2D eigenvalue weighted by Crippen LogP contribution is -2.21. The van der Waals surface area contributed by atoms with Crippen LogP contribution in [0.3, 0.4) is 0 Å². The predicted octanol–water partition coefficient (Wildman–Crippen LogP) is 3.89. The van der Waals surface area contributed by atoms with E-state index in [4.69, 9.17) is 16.3 Å². The second-order valence-electron chi connectivity index (χ2n) is 5.12. The zero-order chi connectivity index (χ0) is 17.0. The molecule has 120 valence electrons. The number of halogens is 2. The number of rotatable bonds is 4. The molecular weight excluding hydrogens is 321 g/mol. The molecule has 0 atom stereocenters. The molecule has 0 spiro atoms. The Morgan fingerprint density at radius 3 is 2.39 bits per heavy atom. The Balaban J connectivity index is 1.94. The Morgan fingerprint density at radius 2 is 1.78 bits per heavy atom. The molecule has 0 saturated carbocycles. The highest BCUT2D eigenvalue weighted by atomic mass is 35.5. The summed E-state index contributed by atoms with van der Waals surface area (Å²) >= 11 is 5.63. The van der Waals surface area contributed by atoms with Crippen molar-refractivity contribution in [3.8, 4) is 0 Å². The van der Waals surface area contributed by atoms with Crippen LogP contribution in [0.15, 0.2) is 36.4 Å². The predicted molar refractivity (Wildman–Crippen MR) is 86.2 cm³/mol. The lowest BCUT2D eigenvalue weighted by atomic mass is 10.1. The minimum Gasteiger partial charge on any atom is -0.452 e. The molecule has 2 rings (SSSR count). The van der Waals surface area contributed by atoms with Crippen molar-refractivity contribution in [2.24, 2.45) is 0 Å². The SMILES string of the molecule is Cc1cc(C)cc(C(=O)OCC(=O)Nc2ccc(Cl)cc2F)c1. The van der Waals surface area contributed by atoms with Gasteiger partial charge < -0.3 is 10.1 Å². The summed E-state index contributed by atoms with van der Waals surface area (Å²) in [5.74, 6) is -1.90. The third-order valence-corrected chi connectivity index (χ3v) is 3.23. The topological polar surface area (TPSA) is 55.4 Å². The van der Waals surface area contributed by atoms with Gasteiger partial charge in [-0.2, -0.15) is 0 Å². The van der Waals surface area contributed by atoms with Crippen LogP contribution in [0.2, 0.25) is 5.02 Å². The van der Waals surface area contributed by atoms with E-state index in [1.54, 1.807) is 12.1 Å². The van der Waals surface area contributed by atoms with Gasteiger partial charge in [0.15, 0.2) is 6.61 Å². The number of hydrogen-bond acceptors (Lipinski definition) is 3. The smallest absolute Gasteiger partial charge is 0.338 e. The fourth-order valence-electron chi connectivity index (χ4n) is 2.08. The Hall–Kier alpha value is -2.40. The van der Waals surface area contributed by atoms with Crippen molar-refractivity contribution < 1.29 is 18.7 Å². The van der Waals surface area contributed by atoms with E-state index in [1.165, 1.54) is 12.1 Å². The Bertz CT molecular complexity index is 741. The van der Waals surface area contributed by atoms with Crippen LogP contribution in [0.4, 0.5) is 10.1 Å². The van der Waals surface area contributed by atoms with Crippen LogP contribution in [-0.4, -0.2) is 18.5 Å². The Labute approximate surface area is 138 Å². The number of carbonyl (C=O) groups is 2. The highest BCUT2D eigenvalue weighted by Gasteiger charge is 2.12. The van der Waals surface area contributed by atoms with E-state index in [0.717, 1.165) is 17.2 Å². The fourth-order valence-corrected chi connectivity index (χ4v) is 2.24. The van der Waals surface area contributed by atoms with Crippen molar-refractivity contribution in [2.75, 3.05) is 11.9 Å². The maximum Gasteiger partial charge on any atom is 0.338 e. The van der Waals surface area contributed by atoms with Crippen molar-refractivity contribution in [2.45, 2.75) is 13.8 Å². The van der Waals surface area contributed by atoms with Crippen LogP contribution in [0.25, 0.3) is 0 Å². The number of carbonyl (C=O) groups excluding carboxylic acids is 2. The molecule has 2 aromatic carbocycles. The number of hydrogen-bond donors (Lipinski definition) is 1. The van der Waals surface area contributed by atoms with E-state index in [9.17, 15) is 14.0 Å². The molecule has 0 fully saturated rings. The highest BCUT2D eigenvalue weighted by Crippen LogP contribution is 2.18. The first-order valence-corrected chi connectivity index (χ1v) is 7.23. The van der Waals surface area contributed by atoms with E-state index in [1.807, 2.05) is 19.9 Å². The molecule has 2 aromatic rings. The minimum absolute atomic E-state index is 0.0261. The zero-order valence-corrected chi connectivity index (χ0v) is 13.4. The van der Waals surface area contributed by atoms with Gasteiger partial charge >= 0.3 is 5.97 Å². The number of esters is 1. The molecule has 0 aliphatic rings. The van der Waals surface area contributed by atoms with E-state index >= 15 is 0 Å². The summed E-state index contributed by atoms with van der Waals surface area (Å²) in [7, 11) is 0. The van der Waals surface area contributed by atoms with Gasteiger partial charge in [-0.05, 0) is 44.2 Å². The van der Waals surface area contributed by atoms with Crippen LogP contribution in [-0.2, 0) is 9.53 Å². The Kier molecular flexibility index (Phi) is 5.34. The molecule has 6 heteroatoms. The lowest BCUT2D eigenvalue weighted by Gasteiger charge is -2.08. The standard InChI is InChI=1S/C17H15ClFNO3/c1-10-5-11(2)7-12(6-10)17(22)23-9-16(21)20-15-4-3-13(18)8-14(15)19/h3-8H,9H2,1-2H3,(H,20,21). The van der Waals surface area contributed by atoms with Gasteiger partial charge in [0.05, 0.1) is 11.3 Å². The average Bonchev–Trinajstić information content (AvgIpc) is 2.46.